The van der Waals surface area contributed by atoms with Gasteiger partial charge in [0.05, 0.1) is 6.04 Å². The molecule has 146 valence electrons. The highest BCUT2D eigenvalue weighted by atomic mass is 15.2. The highest BCUT2D eigenvalue weighted by Gasteiger charge is 2.23. The van der Waals surface area contributed by atoms with E-state index in [1.807, 2.05) is 13.0 Å². The van der Waals surface area contributed by atoms with Gasteiger partial charge in [-0.3, -0.25) is 0 Å². The number of aryl methyl sites for hydroxylation is 1. The Balaban J connectivity index is 1.41. The first-order valence-corrected chi connectivity index (χ1v) is 9.95. The van der Waals surface area contributed by atoms with Crippen molar-refractivity contribution in [3.05, 3.63) is 72.2 Å². The fraction of sp³-hybridized carbons (Fsp3) is 0.364. The molecule has 4 rings (SSSR count). The minimum atomic E-state index is 0.294. The predicted octanol–water partition coefficient (Wildman–Crippen LogP) is 3.17. The van der Waals surface area contributed by atoms with E-state index in [0.717, 1.165) is 44.0 Å². The van der Waals surface area contributed by atoms with Gasteiger partial charge in [0.15, 0.2) is 0 Å². The first-order valence-electron chi connectivity index (χ1n) is 9.95. The molecule has 0 bridgehead atoms. The largest absolute Gasteiger partial charge is 0.368 e. The van der Waals surface area contributed by atoms with Gasteiger partial charge < -0.3 is 20.5 Å². The lowest BCUT2D eigenvalue weighted by Crippen LogP contribution is -2.44. The van der Waals surface area contributed by atoms with Gasteiger partial charge in [0.25, 0.3) is 0 Å². The van der Waals surface area contributed by atoms with E-state index in [2.05, 4.69) is 79.6 Å². The van der Waals surface area contributed by atoms with Crippen molar-refractivity contribution in [3.63, 3.8) is 0 Å². The summed E-state index contributed by atoms with van der Waals surface area (Å²) < 4.78 is 2.24. The number of nitrogen functional groups attached to an aromatic ring is 1. The highest BCUT2D eigenvalue weighted by molar-refractivity contribution is 5.43. The van der Waals surface area contributed by atoms with Crippen LogP contribution in [0.2, 0.25) is 0 Å². The zero-order chi connectivity index (χ0) is 19.3. The molecule has 0 radical (unpaired) electrons. The summed E-state index contributed by atoms with van der Waals surface area (Å²) in [6.45, 7) is 4.83. The maximum Gasteiger partial charge on any atom is 0.222 e. The van der Waals surface area contributed by atoms with Gasteiger partial charge in [-0.2, -0.15) is 4.98 Å². The third-order valence-electron chi connectivity index (χ3n) is 5.38. The second-order valence-electron chi connectivity index (χ2n) is 7.50. The summed E-state index contributed by atoms with van der Waals surface area (Å²) in [6.07, 6.45) is 6.42. The van der Waals surface area contributed by atoms with E-state index in [1.54, 1.807) is 0 Å². The number of anilines is 2. The zero-order valence-corrected chi connectivity index (χ0v) is 16.3. The number of nitrogens with two attached hydrogens (primary N) is 1. The Morgan fingerprint density at radius 3 is 2.46 bits per heavy atom. The fourth-order valence-corrected chi connectivity index (χ4v) is 3.94. The number of hydrogen-bond acceptors (Lipinski definition) is 5. The Labute approximate surface area is 166 Å². The molecule has 1 atom stereocenters. The van der Waals surface area contributed by atoms with Crippen LogP contribution in [0.1, 0.15) is 30.1 Å². The minimum absolute atomic E-state index is 0.294. The van der Waals surface area contributed by atoms with Crippen molar-refractivity contribution in [1.29, 1.82) is 0 Å². The van der Waals surface area contributed by atoms with Crippen LogP contribution in [0.3, 0.4) is 0 Å². The van der Waals surface area contributed by atoms with E-state index in [9.17, 15) is 0 Å². The van der Waals surface area contributed by atoms with Crippen LogP contribution >= 0.6 is 0 Å². The zero-order valence-electron chi connectivity index (χ0n) is 16.3. The molecule has 3 N–H and O–H groups in total. The van der Waals surface area contributed by atoms with Crippen molar-refractivity contribution in [2.45, 2.75) is 38.4 Å². The maximum atomic E-state index is 5.82. The molecule has 1 aliphatic rings. The summed E-state index contributed by atoms with van der Waals surface area (Å²) in [5.74, 6) is 1.29. The van der Waals surface area contributed by atoms with Crippen LogP contribution in [-0.4, -0.2) is 33.7 Å². The highest BCUT2D eigenvalue weighted by Crippen LogP contribution is 2.23. The minimum Gasteiger partial charge on any atom is -0.368 e. The Hall–Kier alpha value is -2.86. The lowest BCUT2D eigenvalue weighted by Gasteiger charge is -2.35. The third-order valence-corrected chi connectivity index (χ3v) is 5.38. The number of benzene rings is 1. The lowest BCUT2D eigenvalue weighted by molar-refractivity contribution is 0.346. The molecule has 3 aromatic rings. The number of piperidine rings is 1. The molecule has 1 aromatic carbocycles. The van der Waals surface area contributed by atoms with Gasteiger partial charge in [0, 0.05) is 49.8 Å². The summed E-state index contributed by atoms with van der Waals surface area (Å²) in [6, 6.07) is 17.7. The molecule has 0 aliphatic carbocycles. The number of rotatable bonds is 6. The van der Waals surface area contributed by atoms with Crippen LogP contribution in [-0.2, 0) is 6.54 Å². The lowest BCUT2D eigenvalue weighted by atomic mass is 10.0. The fourth-order valence-electron chi connectivity index (χ4n) is 3.94. The normalized spacial score (nSPS) is 16.2. The number of hydrogen-bond donors (Lipinski definition) is 2. The Morgan fingerprint density at radius 1 is 1.07 bits per heavy atom. The molecule has 6 heteroatoms. The summed E-state index contributed by atoms with van der Waals surface area (Å²) in [7, 11) is 0. The standard InChI is InChI=1S/C22H28N6/c1-17-15-21(26-22(23)24-17)28-13-9-19(10-14-28)25-20(16-27-11-5-6-12-27)18-7-3-2-4-8-18/h2-8,11-12,15,19-20,25H,9-10,13-14,16H2,1H3,(H2,23,24,26). The van der Waals surface area contributed by atoms with Crippen LogP contribution in [0.4, 0.5) is 11.8 Å². The molecule has 0 spiro atoms. The van der Waals surface area contributed by atoms with Gasteiger partial charge in [-0.25, -0.2) is 4.98 Å². The summed E-state index contributed by atoms with van der Waals surface area (Å²) >= 11 is 0. The maximum absolute atomic E-state index is 5.82. The first kappa shape index (κ1) is 18.5. The van der Waals surface area contributed by atoms with Crippen molar-refractivity contribution < 1.29 is 0 Å². The molecular formula is C22H28N6. The topological polar surface area (TPSA) is 72.0 Å². The van der Waals surface area contributed by atoms with E-state index < -0.39 is 0 Å². The van der Waals surface area contributed by atoms with Crippen molar-refractivity contribution >= 4 is 11.8 Å². The predicted molar refractivity (Wildman–Crippen MR) is 113 cm³/mol. The van der Waals surface area contributed by atoms with E-state index in [-0.39, 0.29) is 0 Å². The van der Waals surface area contributed by atoms with Crippen LogP contribution in [0.5, 0.6) is 0 Å². The average Bonchev–Trinajstić information content (AvgIpc) is 3.21. The molecule has 6 nitrogen and oxygen atoms in total. The molecule has 28 heavy (non-hydrogen) atoms. The molecule has 0 saturated carbocycles. The molecule has 0 amide bonds. The van der Waals surface area contributed by atoms with Gasteiger partial charge in [0.2, 0.25) is 5.95 Å². The second kappa shape index (κ2) is 8.44. The van der Waals surface area contributed by atoms with Crippen LogP contribution in [0.15, 0.2) is 60.9 Å². The van der Waals surface area contributed by atoms with E-state index >= 15 is 0 Å². The van der Waals surface area contributed by atoms with Crippen molar-refractivity contribution in [2.24, 2.45) is 0 Å². The van der Waals surface area contributed by atoms with Gasteiger partial charge >= 0.3 is 0 Å². The number of nitrogens with zero attached hydrogens (tertiary/aromatic N) is 4. The molecule has 3 heterocycles. The van der Waals surface area contributed by atoms with Crippen LogP contribution in [0.25, 0.3) is 0 Å². The molecular weight excluding hydrogens is 348 g/mol. The van der Waals surface area contributed by atoms with Gasteiger partial charge in [-0.1, -0.05) is 30.3 Å². The first-order chi connectivity index (χ1) is 13.7. The second-order valence-corrected chi connectivity index (χ2v) is 7.50. The summed E-state index contributed by atoms with van der Waals surface area (Å²) in [5, 5.41) is 3.90. The SMILES string of the molecule is Cc1cc(N2CCC(NC(Cn3cccc3)c3ccccc3)CC2)nc(N)n1. The molecule has 1 fully saturated rings. The smallest absolute Gasteiger partial charge is 0.222 e. The Bertz CT molecular complexity index is 849. The molecule has 1 saturated heterocycles. The average molecular weight is 377 g/mol. The van der Waals surface area contributed by atoms with Gasteiger partial charge in [-0.05, 0) is 37.5 Å². The Morgan fingerprint density at radius 2 is 1.79 bits per heavy atom. The number of aromatic nitrogens is 3. The molecule has 1 aliphatic heterocycles. The molecule has 1 unspecified atom stereocenters. The summed E-state index contributed by atoms with van der Waals surface area (Å²) in [5.41, 5.74) is 8.07. The van der Waals surface area contributed by atoms with E-state index in [1.165, 1.54) is 5.56 Å². The van der Waals surface area contributed by atoms with Gasteiger partial charge in [-0.15, -0.1) is 0 Å². The monoisotopic (exact) mass is 376 g/mol. The van der Waals surface area contributed by atoms with Crippen molar-refractivity contribution in [1.82, 2.24) is 19.9 Å². The Kier molecular flexibility index (Phi) is 5.58. The van der Waals surface area contributed by atoms with Crippen molar-refractivity contribution in [3.8, 4) is 0 Å². The quantitative estimate of drug-likeness (QED) is 0.691. The van der Waals surface area contributed by atoms with Gasteiger partial charge in [0.1, 0.15) is 5.82 Å². The van der Waals surface area contributed by atoms with E-state index in [0.29, 0.717) is 18.0 Å². The third kappa shape index (κ3) is 4.51. The number of nitrogens with one attached hydrogen (secondary N) is 1. The van der Waals surface area contributed by atoms with E-state index in [4.69, 9.17) is 5.73 Å². The summed E-state index contributed by atoms with van der Waals surface area (Å²) in [4.78, 5) is 10.9. The molecule has 2 aromatic heterocycles. The van der Waals surface area contributed by atoms with Crippen LogP contribution < -0.4 is 16.0 Å². The van der Waals surface area contributed by atoms with Crippen molar-refractivity contribution in [2.75, 3.05) is 23.7 Å². The van der Waals surface area contributed by atoms with Crippen LogP contribution in [0, 0.1) is 6.92 Å².